The van der Waals surface area contributed by atoms with Gasteiger partial charge in [-0.1, -0.05) is 24.3 Å². The second-order valence-electron chi connectivity index (χ2n) is 10.8. The molecule has 1 fully saturated rings. The molecule has 0 aliphatic heterocycles. The standard InChI is InChI=1S/C31H34O6S/c1-19-12-24(36-10-5-11-38(3,34)35)13-20(2)31(19)22-7-4-6-21(14-22)18-37-23-8-9-25-26(15-23)27-16-28(27)29(25)17-30(32)33/h4,6-9,12-15,27-29H,5,10-11,16-18H2,1-3H3,(H,32,33)/t27-,28-,29-/m0/s1. The van der Waals surface area contributed by atoms with Gasteiger partial charge < -0.3 is 14.6 Å². The molecule has 0 bridgehead atoms. The summed E-state index contributed by atoms with van der Waals surface area (Å²) >= 11 is 0. The Hall–Kier alpha value is -3.32. The van der Waals surface area contributed by atoms with Crippen LogP contribution in [0.1, 0.15) is 58.9 Å². The molecule has 38 heavy (non-hydrogen) atoms. The number of fused-ring (bicyclic) bond motifs is 3. The van der Waals surface area contributed by atoms with Crippen LogP contribution in [0, 0.1) is 19.8 Å². The van der Waals surface area contributed by atoms with Gasteiger partial charge in [-0.15, -0.1) is 0 Å². The number of sulfone groups is 1. The third-order valence-corrected chi connectivity index (χ3v) is 8.69. The number of rotatable bonds is 11. The zero-order valence-corrected chi connectivity index (χ0v) is 22.9. The Morgan fingerprint density at radius 3 is 2.45 bits per heavy atom. The summed E-state index contributed by atoms with van der Waals surface area (Å²) in [4.78, 5) is 11.3. The van der Waals surface area contributed by atoms with Gasteiger partial charge in [0, 0.05) is 6.26 Å². The van der Waals surface area contributed by atoms with Gasteiger partial charge >= 0.3 is 5.97 Å². The minimum atomic E-state index is -2.98. The van der Waals surface area contributed by atoms with E-state index in [0.29, 0.717) is 31.5 Å². The highest BCUT2D eigenvalue weighted by Crippen LogP contribution is 2.64. The van der Waals surface area contributed by atoms with Gasteiger partial charge in [-0.25, -0.2) is 8.42 Å². The van der Waals surface area contributed by atoms with E-state index >= 15 is 0 Å². The van der Waals surface area contributed by atoms with E-state index < -0.39 is 15.8 Å². The molecule has 200 valence electrons. The van der Waals surface area contributed by atoms with Crippen LogP contribution >= 0.6 is 0 Å². The van der Waals surface area contributed by atoms with Crippen molar-refractivity contribution in [1.82, 2.24) is 0 Å². The number of carbonyl (C=O) groups is 1. The summed E-state index contributed by atoms with van der Waals surface area (Å²) in [5, 5.41) is 9.27. The van der Waals surface area contributed by atoms with Gasteiger partial charge in [0.15, 0.2) is 0 Å². The summed E-state index contributed by atoms with van der Waals surface area (Å²) in [6.45, 7) is 4.92. The molecule has 1 N–H and O–H groups in total. The first kappa shape index (κ1) is 26.3. The van der Waals surface area contributed by atoms with Crippen molar-refractivity contribution in [2.45, 2.75) is 51.6 Å². The van der Waals surface area contributed by atoms with Crippen LogP contribution < -0.4 is 9.47 Å². The van der Waals surface area contributed by atoms with E-state index in [1.54, 1.807) is 0 Å². The highest BCUT2D eigenvalue weighted by Gasteiger charge is 2.52. The van der Waals surface area contributed by atoms with Crippen molar-refractivity contribution in [2.75, 3.05) is 18.6 Å². The van der Waals surface area contributed by atoms with Gasteiger partial charge in [-0.2, -0.15) is 0 Å². The van der Waals surface area contributed by atoms with E-state index in [2.05, 4.69) is 44.2 Å². The molecule has 1 saturated carbocycles. The molecule has 5 rings (SSSR count). The monoisotopic (exact) mass is 534 g/mol. The average Bonchev–Trinajstić information content (AvgIpc) is 3.58. The van der Waals surface area contributed by atoms with Gasteiger partial charge in [0.1, 0.15) is 27.9 Å². The van der Waals surface area contributed by atoms with E-state index in [-0.39, 0.29) is 18.1 Å². The summed E-state index contributed by atoms with van der Waals surface area (Å²) in [7, 11) is -2.98. The summed E-state index contributed by atoms with van der Waals surface area (Å²) in [6, 6.07) is 18.5. The molecule has 2 aliphatic carbocycles. The van der Waals surface area contributed by atoms with Crippen LogP contribution in [-0.2, 0) is 21.2 Å². The molecule has 3 aromatic rings. The summed E-state index contributed by atoms with van der Waals surface area (Å²) in [6.07, 6.45) is 2.99. The fourth-order valence-corrected chi connectivity index (χ4v) is 6.60. The summed E-state index contributed by atoms with van der Waals surface area (Å²) < 4.78 is 34.6. The number of carboxylic acids is 1. The average molecular weight is 535 g/mol. The summed E-state index contributed by atoms with van der Waals surface area (Å²) in [5.41, 5.74) is 7.95. The van der Waals surface area contributed by atoms with Crippen LogP contribution in [0.3, 0.4) is 0 Å². The maximum absolute atomic E-state index is 11.3. The second kappa shape index (κ2) is 10.4. The highest BCUT2D eigenvalue weighted by atomic mass is 32.2. The Bertz CT molecular complexity index is 1450. The minimum Gasteiger partial charge on any atom is -0.494 e. The van der Waals surface area contributed by atoms with Crippen molar-refractivity contribution in [3.63, 3.8) is 0 Å². The van der Waals surface area contributed by atoms with Crippen molar-refractivity contribution < 1.29 is 27.8 Å². The number of benzene rings is 3. The van der Waals surface area contributed by atoms with Crippen molar-refractivity contribution in [3.8, 4) is 22.6 Å². The molecule has 0 aromatic heterocycles. The molecular formula is C31H34O6S. The van der Waals surface area contributed by atoms with Crippen molar-refractivity contribution in [1.29, 1.82) is 0 Å². The Morgan fingerprint density at radius 1 is 0.974 bits per heavy atom. The number of hydrogen-bond donors (Lipinski definition) is 1. The van der Waals surface area contributed by atoms with Crippen LogP contribution in [0.25, 0.3) is 11.1 Å². The Morgan fingerprint density at radius 2 is 1.74 bits per heavy atom. The largest absolute Gasteiger partial charge is 0.494 e. The van der Waals surface area contributed by atoms with E-state index in [1.807, 2.05) is 24.3 Å². The maximum Gasteiger partial charge on any atom is 0.303 e. The predicted molar refractivity (Wildman–Crippen MR) is 148 cm³/mol. The lowest BCUT2D eigenvalue weighted by Gasteiger charge is -2.16. The molecule has 6 nitrogen and oxygen atoms in total. The lowest BCUT2D eigenvalue weighted by molar-refractivity contribution is -0.137. The van der Waals surface area contributed by atoms with Crippen molar-refractivity contribution in [3.05, 3.63) is 82.4 Å². The molecule has 0 saturated heterocycles. The van der Waals surface area contributed by atoms with E-state index in [4.69, 9.17) is 9.47 Å². The van der Waals surface area contributed by atoms with Crippen LogP contribution in [0.5, 0.6) is 11.5 Å². The van der Waals surface area contributed by atoms with Gasteiger partial charge in [0.25, 0.3) is 0 Å². The molecule has 0 unspecified atom stereocenters. The number of aryl methyl sites for hydroxylation is 2. The lowest BCUT2D eigenvalue weighted by Crippen LogP contribution is -2.08. The fourth-order valence-electron chi connectivity index (χ4n) is 5.96. The molecule has 0 radical (unpaired) electrons. The van der Waals surface area contributed by atoms with Gasteiger partial charge in [0.05, 0.1) is 18.8 Å². The third kappa shape index (κ3) is 5.88. The highest BCUT2D eigenvalue weighted by molar-refractivity contribution is 7.90. The first-order valence-corrected chi connectivity index (χ1v) is 15.1. The maximum atomic E-state index is 11.3. The van der Waals surface area contributed by atoms with Gasteiger partial charge in [-0.3, -0.25) is 4.79 Å². The predicted octanol–water partition coefficient (Wildman–Crippen LogP) is 6.04. The molecule has 0 heterocycles. The van der Waals surface area contributed by atoms with Crippen LogP contribution in [-0.4, -0.2) is 38.1 Å². The molecule has 0 spiro atoms. The molecule has 7 heteroatoms. The van der Waals surface area contributed by atoms with E-state index in [9.17, 15) is 18.3 Å². The van der Waals surface area contributed by atoms with Crippen LogP contribution in [0.2, 0.25) is 0 Å². The minimum absolute atomic E-state index is 0.121. The third-order valence-electron chi connectivity index (χ3n) is 7.66. The van der Waals surface area contributed by atoms with Crippen LogP contribution in [0.15, 0.2) is 54.6 Å². The Balaban J connectivity index is 1.25. The topological polar surface area (TPSA) is 89.9 Å². The Labute approximate surface area is 224 Å². The number of ether oxygens (including phenoxy) is 2. The normalized spacial score (nSPS) is 19.5. The number of hydrogen-bond acceptors (Lipinski definition) is 5. The first-order chi connectivity index (χ1) is 18.1. The quantitative estimate of drug-likeness (QED) is 0.302. The zero-order valence-electron chi connectivity index (χ0n) is 22.1. The molecule has 3 aromatic carbocycles. The first-order valence-electron chi connectivity index (χ1n) is 13.1. The second-order valence-corrected chi connectivity index (χ2v) is 13.0. The fraction of sp³-hybridized carbons (Fsp3) is 0.387. The van der Waals surface area contributed by atoms with Gasteiger partial charge in [-0.05, 0) is 114 Å². The van der Waals surface area contributed by atoms with Crippen molar-refractivity contribution in [2.24, 2.45) is 5.92 Å². The number of carboxylic acid groups (broad SMARTS) is 1. The lowest BCUT2D eigenvalue weighted by atomic mass is 9.93. The zero-order chi connectivity index (χ0) is 27.0. The molecule has 2 aliphatic rings. The smallest absolute Gasteiger partial charge is 0.303 e. The SMILES string of the molecule is Cc1cc(OCCCS(C)(=O)=O)cc(C)c1-c1cccc(COc2ccc3c(c2)[C@@H]2C[C@@H]2[C@H]3CC(=O)O)c1. The van der Waals surface area contributed by atoms with Crippen molar-refractivity contribution >= 4 is 15.8 Å². The van der Waals surface area contributed by atoms with E-state index in [1.165, 1.54) is 17.4 Å². The molecule has 3 atom stereocenters. The number of aliphatic carboxylic acids is 1. The summed E-state index contributed by atoms with van der Waals surface area (Å²) in [5.74, 6) is 2.05. The van der Waals surface area contributed by atoms with Gasteiger partial charge in [0.2, 0.25) is 0 Å². The van der Waals surface area contributed by atoms with Crippen LogP contribution in [0.4, 0.5) is 0 Å². The molecular weight excluding hydrogens is 500 g/mol. The Kier molecular flexibility index (Phi) is 7.23. The van der Waals surface area contributed by atoms with E-state index in [0.717, 1.165) is 45.7 Å². The molecule has 0 amide bonds.